The normalized spacial score (nSPS) is 10.2. The average Bonchev–Trinajstić information content (AvgIpc) is 2.40. The Bertz CT molecular complexity index is 543. The van der Waals surface area contributed by atoms with E-state index in [1.165, 1.54) is 6.07 Å². The van der Waals surface area contributed by atoms with Gasteiger partial charge in [-0.1, -0.05) is 18.2 Å². The van der Waals surface area contributed by atoms with Gasteiger partial charge in [-0.3, -0.25) is 0 Å². The number of methoxy groups -OCH3 is 1. The van der Waals surface area contributed by atoms with Gasteiger partial charge in [0.25, 0.3) is 0 Å². The maximum Gasteiger partial charge on any atom is 0.141 e. The van der Waals surface area contributed by atoms with Crippen LogP contribution in [-0.4, -0.2) is 7.11 Å². The molecule has 94 valence electrons. The summed E-state index contributed by atoms with van der Waals surface area (Å²) < 4.78 is 24.5. The summed E-state index contributed by atoms with van der Waals surface area (Å²) in [6.45, 7) is 0.338. The Morgan fingerprint density at radius 3 is 2.67 bits per heavy atom. The molecule has 0 fully saturated rings. The molecule has 0 aliphatic rings. The van der Waals surface area contributed by atoms with E-state index in [2.05, 4.69) is 15.9 Å². The molecule has 0 saturated heterocycles. The molecule has 0 bridgehead atoms. The van der Waals surface area contributed by atoms with Gasteiger partial charge in [0.2, 0.25) is 0 Å². The standard InChI is InChI=1S/C14H12BrFO2/c1-17-14-5-3-2-4-10(14)9-18-11-6-7-12(15)13(16)8-11/h2-8H,9H2,1H3. The lowest BCUT2D eigenvalue weighted by Crippen LogP contribution is -1.98. The van der Waals surface area contributed by atoms with Crippen LogP contribution in [0.3, 0.4) is 0 Å². The quantitative estimate of drug-likeness (QED) is 0.843. The largest absolute Gasteiger partial charge is 0.496 e. The van der Waals surface area contributed by atoms with Gasteiger partial charge in [-0.25, -0.2) is 4.39 Å². The molecule has 18 heavy (non-hydrogen) atoms. The van der Waals surface area contributed by atoms with Gasteiger partial charge in [-0.2, -0.15) is 0 Å². The lowest BCUT2D eigenvalue weighted by molar-refractivity contribution is 0.295. The minimum atomic E-state index is -0.340. The van der Waals surface area contributed by atoms with E-state index in [1.807, 2.05) is 24.3 Å². The van der Waals surface area contributed by atoms with Gasteiger partial charge in [0.1, 0.15) is 23.9 Å². The molecule has 0 saturated carbocycles. The number of benzene rings is 2. The van der Waals surface area contributed by atoms with Crippen LogP contribution in [-0.2, 0) is 6.61 Å². The predicted octanol–water partition coefficient (Wildman–Crippen LogP) is 4.18. The van der Waals surface area contributed by atoms with Crippen LogP contribution < -0.4 is 9.47 Å². The van der Waals surface area contributed by atoms with Crippen molar-refractivity contribution in [3.05, 3.63) is 58.3 Å². The van der Waals surface area contributed by atoms with E-state index in [0.29, 0.717) is 16.8 Å². The summed E-state index contributed by atoms with van der Waals surface area (Å²) in [5.41, 5.74) is 0.920. The highest BCUT2D eigenvalue weighted by atomic mass is 79.9. The fraction of sp³-hybridized carbons (Fsp3) is 0.143. The molecule has 2 rings (SSSR count). The van der Waals surface area contributed by atoms with Crippen molar-refractivity contribution in [2.45, 2.75) is 6.61 Å². The molecule has 2 nitrogen and oxygen atoms in total. The van der Waals surface area contributed by atoms with Crippen molar-refractivity contribution in [2.75, 3.05) is 7.11 Å². The predicted molar refractivity (Wildman–Crippen MR) is 71.4 cm³/mol. The Morgan fingerprint density at radius 2 is 1.94 bits per heavy atom. The van der Waals surface area contributed by atoms with Crippen LogP contribution in [0, 0.1) is 5.82 Å². The molecule has 0 N–H and O–H groups in total. The fourth-order valence-electron chi connectivity index (χ4n) is 1.55. The second-order valence-corrected chi connectivity index (χ2v) is 4.53. The Hall–Kier alpha value is -1.55. The smallest absolute Gasteiger partial charge is 0.141 e. The van der Waals surface area contributed by atoms with E-state index in [9.17, 15) is 4.39 Å². The summed E-state index contributed by atoms with van der Waals surface area (Å²) >= 11 is 3.10. The van der Waals surface area contributed by atoms with Gasteiger partial charge in [0.15, 0.2) is 0 Å². The lowest BCUT2D eigenvalue weighted by atomic mass is 10.2. The summed E-state index contributed by atoms with van der Waals surface area (Å²) in [7, 11) is 1.61. The number of para-hydroxylation sites is 1. The first-order valence-electron chi connectivity index (χ1n) is 5.40. The first-order valence-corrected chi connectivity index (χ1v) is 6.20. The van der Waals surface area contributed by atoms with Crippen molar-refractivity contribution in [1.82, 2.24) is 0 Å². The van der Waals surface area contributed by atoms with Gasteiger partial charge in [-0.15, -0.1) is 0 Å². The van der Waals surface area contributed by atoms with Crippen LogP contribution in [0.15, 0.2) is 46.9 Å². The highest BCUT2D eigenvalue weighted by Gasteiger charge is 2.04. The van der Waals surface area contributed by atoms with Crippen molar-refractivity contribution in [2.24, 2.45) is 0 Å². The zero-order valence-electron chi connectivity index (χ0n) is 9.82. The SMILES string of the molecule is COc1ccccc1COc1ccc(Br)c(F)c1. The lowest BCUT2D eigenvalue weighted by Gasteiger charge is -2.10. The molecular formula is C14H12BrFO2. The summed E-state index contributed by atoms with van der Waals surface area (Å²) in [6.07, 6.45) is 0. The number of hydrogen-bond donors (Lipinski definition) is 0. The van der Waals surface area contributed by atoms with Crippen LogP contribution in [0.2, 0.25) is 0 Å². The number of hydrogen-bond acceptors (Lipinski definition) is 2. The van der Waals surface area contributed by atoms with Crippen molar-refractivity contribution < 1.29 is 13.9 Å². The van der Waals surface area contributed by atoms with Crippen molar-refractivity contribution >= 4 is 15.9 Å². The Kier molecular flexibility index (Phi) is 4.20. The fourth-order valence-corrected chi connectivity index (χ4v) is 1.80. The highest BCUT2D eigenvalue weighted by molar-refractivity contribution is 9.10. The third-order valence-corrected chi connectivity index (χ3v) is 3.12. The second-order valence-electron chi connectivity index (χ2n) is 3.68. The number of ether oxygens (including phenoxy) is 2. The van der Waals surface area contributed by atoms with Crippen LogP contribution >= 0.6 is 15.9 Å². The minimum Gasteiger partial charge on any atom is -0.496 e. The topological polar surface area (TPSA) is 18.5 Å². The van der Waals surface area contributed by atoms with Crippen LogP contribution in [0.5, 0.6) is 11.5 Å². The van der Waals surface area contributed by atoms with Gasteiger partial charge in [0, 0.05) is 11.6 Å². The van der Waals surface area contributed by atoms with Crippen molar-refractivity contribution in [3.8, 4) is 11.5 Å². The molecule has 0 unspecified atom stereocenters. The zero-order chi connectivity index (χ0) is 13.0. The summed E-state index contributed by atoms with van der Waals surface area (Å²) in [6, 6.07) is 12.2. The molecule has 2 aromatic carbocycles. The van der Waals surface area contributed by atoms with E-state index in [0.717, 1.165) is 11.3 Å². The van der Waals surface area contributed by atoms with E-state index < -0.39 is 0 Å². The van der Waals surface area contributed by atoms with Gasteiger partial charge >= 0.3 is 0 Å². The summed E-state index contributed by atoms with van der Waals surface area (Å²) in [5, 5.41) is 0. The van der Waals surface area contributed by atoms with Gasteiger partial charge < -0.3 is 9.47 Å². The Morgan fingerprint density at radius 1 is 1.17 bits per heavy atom. The molecule has 0 radical (unpaired) electrons. The zero-order valence-corrected chi connectivity index (χ0v) is 11.4. The van der Waals surface area contributed by atoms with Crippen molar-refractivity contribution in [1.29, 1.82) is 0 Å². The number of halogens is 2. The maximum absolute atomic E-state index is 13.3. The van der Waals surface area contributed by atoms with Crippen LogP contribution in [0.1, 0.15) is 5.56 Å². The average molecular weight is 311 g/mol. The van der Waals surface area contributed by atoms with E-state index in [4.69, 9.17) is 9.47 Å². The van der Waals surface area contributed by atoms with Crippen LogP contribution in [0.25, 0.3) is 0 Å². The maximum atomic E-state index is 13.3. The minimum absolute atomic E-state index is 0.338. The molecule has 0 amide bonds. The molecule has 0 aromatic heterocycles. The van der Waals surface area contributed by atoms with E-state index >= 15 is 0 Å². The van der Waals surface area contributed by atoms with Crippen molar-refractivity contribution in [3.63, 3.8) is 0 Å². The van der Waals surface area contributed by atoms with Gasteiger partial charge in [-0.05, 0) is 34.1 Å². The van der Waals surface area contributed by atoms with E-state index in [-0.39, 0.29) is 5.82 Å². The first kappa shape index (κ1) is 12.9. The molecule has 0 aliphatic carbocycles. The molecular weight excluding hydrogens is 299 g/mol. The third-order valence-electron chi connectivity index (χ3n) is 2.48. The molecule has 4 heteroatoms. The summed E-state index contributed by atoms with van der Waals surface area (Å²) in [4.78, 5) is 0. The number of rotatable bonds is 4. The Balaban J connectivity index is 2.09. The first-order chi connectivity index (χ1) is 8.70. The third kappa shape index (κ3) is 3.01. The molecule has 0 atom stereocenters. The second kappa shape index (κ2) is 5.87. The van der Waals surface area contributed by atoms with Crippen LogP contribution in [0.4, 0.5) is 4.39 Å². The Labute approximate surface area is 113 Å². The molecule has 0 heterocycles. The van der Waals surface area contributed by atoms with E-state index in [1.54, 1.807) is 19.2 Å². The molecule has 2 aromatic rings. The van der Waals surface area contributed by atoms with Gasteiger partial charge in [0.05, 0.1) is 11.6 Å². The molecule has 0 aliphatic heterocycles. The molecule has 0 spiro atoms. The summed E-state index contributed by atoms with van der Waals surface area (Å²) in [5.74, 6) is 0.907. The highest BCUT2D eigenvalue weighted by Crippen LogP contribution is 2.23. The monoisotopic (exact) mass is 310 g/mol.